The fourth-order valence-corrected chi connectivity index (χ4v) is 3.77. The first-order chi connectivity index (χ1) is 14.0. The lowest BCUT2D eigenvalue weighted by molar-refractivity contribution is 0.102. The number of rotatable bonds is 7. The van der Waals surface area contributed by atoms with Crippen LogP contribution in [0.1, 0.15) is 21.3 Å². The molecule has 0 fully saturated rings. The summed E-state index contributed by atoms with van der Waals surface area (Å²) in [6.45, 7) is 0.490. The van der Waals surface area contributed by atoms with Gasteiger partial charge in [-0.15, -0.1) is 11.3 Å². The average Bonchev–Trinajstić information content (AvgIpc) is 3.23. The van der Waals surface area contributed by atoms with Crippen molar-refractivity contribution in [3.63, 3.8) is 0 Å². The minimum atomic E-state index is -0.292. The van der Waals surface area contributed by atoms with Crippen LogP contribution in [-0.4, -0.2) is 37.5 Å². The molecule has 1 atom stereocenters. The van der Waals surface area contributed by atoms with E-state index in [2.05, 4.69) is 26.9 Å². The Morgan fingerprint density at radius 2 is 1.66 bits per heavy atom. The fourth-order valence-electron chi connectivity index (χ4n) is 2.85. The van der Waals surface area contributed by atoms with E-state index in [0.29, 0.717) is 23.5 Å². The zero-order valence-corrected chi connectivity index (χ0v) is 17.2. The van der Waals surface area contributed by atoms with Gasteiger partial charge in [-0.1, -0.05) is 30.3 Å². The molecule has 1 heterocycles. The van der Waals surface area contributed by atoms with Crippen LogP contribution in [0.3, 0.4) is 0 Å². The zero-order valence-electron chi connectivity index (χ0n) is 16.4. The molecule has 0 aliphatic heterocycles. The smallest absolute Gasteiger partial charge is 0.319 e. The Morgan fingerprint density at radius 3 is 2.31 bits per heavy atom. The first kappa shape index (κ1) is 20.6. The summed E-state index contributed by atoms with van der Waals surface area (Å²) in [6, 6.07) is 19.9. The van der Waals surface area contributed by atoms with Gasteiger partial charge in [-0.25, -0.2) is 4.79 Å². The number of benzene rings is 2. The van der Waals surface area contributed by atoms with E-state index in [1.54, 1.807) is 47.7 Å². The van der Waals surface area contributed by atoms with Gasteiger partial charge in [0, 0.05) is 28.4 Å². The van der Waals surface area contributed by atoms with Crippen LogP contribution in [0.25, 0.3) is 0 Å². The molecule has 150 valence electrons. The number of thiophene rings is 1. The molecule has 0 unspecified atom stereocenters. The molecule has 0 bridgehead atoms. The summed E-state index contributed by atoms with van der Waals surface area (Å²) in [6.07, 6.45) is 0. The summed E-state index contributed by atoms with van der Waals surface area (Å²) >= 11 is 1.67. The third-order valence-electron chi connectivity index (χ3n) is 4.37. The Bertz CT molecular complexity index is 942. The molecule has 0 spiro atoms. The summed E-state index contributed by atoms with van der Waals surface area (Å²) in [7, 11) is 3.98. The first-order valence-electron chi connectivity index (χ1n) is 9.24. The van der Waals surface area contributed by atoms with Crippen LogP contribution in [0, 0.1) is 0 Å². The predicted octanol–water partition coefficient (Wildman–Crippen LogP) is 4.42. The molecular formula is C22H24N4O2S. The lowest BCUT2D eigenvalue weighted by Crippen LogP contribution is -2.36. The SMILES string of the molecule is CN(C)[C@H](CNC(=O)Nc1cccc(NC(=O)c2ccccc2)c1)c1cccs1. The summed E-state index contributed by atoms with van der Waals surface area (Å²) in [4.78, 5) is 27.9. The molecule has 3 amide bonds. The number of likely N-dealkylation sites (N-methyl/N-ethyl adjacent to an activating group) is 1. The molecule has 29 heavy (non-hydrogen) atoms. The summed E-state index contributed by atoms with van der Waals surface area (Å²) in [5, 5.41) is 10.6. The summed E-state index contributed by atoms with van der Waals surface area (Å²) in [5.41, 5.74) is 1.79. The standard InChI is InChI=1S/C22H24N4O2S/c1-26(2)19(20-12-7-13-29-20)15-23-22(28)25-18-11-6-10-17(14-18)24-21(27)16-8-4-3-5-9-16/h3-14,19H,15H2,1-2H3,(H,24,27)(H2,23,25,28)/t19-/m1/s1. The van der Waals surface area contributed by atoms with Gasteiger partial charge < -0.3 is 20.9 Å². The maximum Gasteiger partial charge on any atom is 0.319 e. The zero-order chi connectivity index (χ0) is 20.6. The number of nitrogens with zero attached hydrogens (tertiary/aromatic N) is 1. The van der Waals surface area contributed by atoms with Gasteiger partial charge in [0.15, 0.2) is 0 Å². The molecule has 2 aromatic carbocycles. The largest absolute Gasteiger partial charge is 0.336 e. The van der Waals surface area contributed by atoms with E-state index < -0.39 is 0 Å². The topological polar surface area (TPSA) is 73.5 Å². The molecule has 0 saturated heterocycles. The number of hydrogen-bond donors (Lipinski definition) is 3. The van der Waals surface area contributed by atoms with Gasteiger partial charge >= 0.3 is 6.03 Å². The van der Waals surface area contributed by atoms with Crippen molar-refractivity contribution < 1.29 is 9.59 Å². The number of amides is 3. The van der Waals surface area contributed by atoms with Crippen LogP contribution in [0.4, 0.5) is 16.2 Å². The third-order valence-corrected chi connectivity index (χ3v) is 5.34. The number of urea groups is 1. The molecule has 0 aliphatic carbocycles. The highest BCUT2D eigenvalue weighted by Crippen LogP contribution is 2.22. The number of hydrogen-bond acceptors (Lipinski definition) is 4. The molecule has 0 saturated carbocycles. The van der Waals surface area contributed by atoms with Crippen LogP contribution in [0.2, 0.25) is 0 Å². The second-order valence-electron chi connectivity index (χ2n) is 6.73. The van der Waals surface area contributed by atoms with Gasteiger partial charge in [0.25, 0.3) is 5.91 Å². The Morgan fingerprint density at radius 1 is 0.931 bits per heavy atom. The van der Waals surface area contributed by atoms with Crippen LogP contribution < -0.4 is 16.0 Å². The van der Waals surface area contributed by atoms with Crippen molar-refractivity contribution >= 4 is 34.6 Å². The van der Waals surface area contributed by atoms with E-state index in [1.807, 2.05) is 43.7 Å². The average molecular weight is 409 g/mol. The van der Waals surface area contributed by atoms with Crippen molar-refractivity contribution in [2.45, 2.75) is 6.04 Å². The normalized spacial score (nSPS) is 11.7. The van der Waals surface area contributed by atoms with Crippen LogP contribution in [0.5, 0.6) is 0 Å². The molecule has 0 aliphatic rings. The molecule has 3 N–H and O–H groups in total. The van der Waals surface area contributed by atoms with Crippen molar-refractivity contribution in [2.75, 3.05) is 31.3 Å². The maximum absolute atomic E-state index is 12.3. The molecule has 6 nitrogen and oxygen atoms in total. The number of anilines is 2. The Hall–Kier alpha value is -3.16. The van der Waals surface area contributed by atoms with E-state index in [-0.39, 0.29) is 18.0 Å². The van der Waals surface area contributed by atoms with E-state index >= 15 is 0 Å². The molecule has 1 aromatic heterocycles. The van der Waals surface area contributed by atoms with Crippen LogP contribution in [0.15, 0.2) is 72.1 Å². The summed E-state index contributed by atoms with van der Waals surface area (Å²) in [5.74, 6) is -0.197. The fraction of sp³-hybridized carbons (Fsp3) is 0.182. The van der Waals surface area contributed by atoms with Crippen molar-refractivity contribution in [1.82, 2.24) is 10.2 Å². The van der Waals surface area contributed by atoms with E-state index in [4.69, 9.17) is 0 Å². The second-order valence-corrected chi connectivity index (χ2v) is 7.71. The van der Waals surface area contributed by atoms with Crippen molar-refractivity contribution in [2.24, 2.45) is 0 Å². The van der Waals surface area contributed by atoms with Crippen molar-refractivity contribution in [3.05, 3.63) is 82.6 Å². The van der Waals surface area contributed by atoms with Crippen molar-refractivity contribution in [3.8, 4) is 0 Å². The molecule has 3 rings (SSSR count). The molecular weight excluding hydrogens is 384 g/mol. The van der Waals surface area contributed by atoms with Gasteiger partial charge in [-0.2, -0.15) is 0 Å². The maximum atomic E-state index is 12.3. The van der Waals surface area contributed by atoms with Crippen LogP contribution >= 0.6 is 11.3 Å². The quantitative estimate of drug-likeness (QED) is 0.542. The highest BCUT2D eigenvalue weighted by molar-refractivity contribution is 7.10. The van der Waals surface area contributed by atoms with Crippen molar-refractivity contribution in [1.29, 1.82) is 0 Å². The summed E-state index contributed by atoms with van der Waals surface area (Å²) < 4.78 is 0. The lowest BCUT2D eigenvalue weighted by Gasteiger charge is -2.23. The van der Waals surface area contributed by atoms with Gasteiger partial charge in [0.05, 0.1) is 6.04 Å². The minimum absolute atomic E-state index is 0.109. The molecule has 7 heteroatoms. The van der Waals surface area contributed by atoms with E-state index in [9.17, 15) is 9.59 Å². The van der Waals surface area contributed by atoms with E-state index in [1.165, 1.54) is 4.88 Å². The second kappa shape index (κ2) is 9.86. The molecule has 0 radical (unpaired) electrons. The number of carbonyl (C=O) groups is 2. The van der Waals surface area contributed by atoms with Gasteiger partial charge in [0.2, 0.25) is 0 Å². The Balaban J connectivity index is 1.57. The lowest BCUT2D eigenvalue weighted by atomic mass is 10.2. The Labute approximate surface area is 174 Å². The van der Waals surface area contributed by atoms with Gasteiger partial charge in [0.1, 0.15) is 0 Å². The van der Waals surface area contributed by atoms with Gasteiger partial charge in [-0.3, -0.25) is 4.79 Å². The third kappa shape index (κ3) is 5.91. The minimum Gasteiger partial charge on any atom is -0.336 e. The monoisotopic (exact) mass is 408 g/mol. The number of nitrogens with one attached hydrogen (secondary N) is 3. The highest BCUT2D eigenvalue weighted by atomic mass is 32.1. The predicted molar refractivity (Wildman–Crippen MR) is 119 cm³/mol. The molecule has 3 aromatic rings. The van der Waals surface area contributed by atoms with Crippen LogP contribution in [-0.2, 0) is 0 Å². The number of carbonyl (C=O) groups excluding carboxylic acids is 2. The first-order valence-corrected chi connectivity index (χ1v) is 10.1. The van der Waals surface area contributed by atoms with E-state index in [0.717, 1.165) is 0 Å². The highest BCUT2D eigenvalue weighted by Gasteiger charge is 2.16. The van der Waals surface area contributed by atoms with Gasteiger partial charge in [-0.05, 0) is 55.9 Å². The Kier molecular flexibility index (Phi) is 6.99.